The molecule has 0 saturated heterocycles. The second-order valence-electron chi connectivity index (χ2n) is 4.58. The molecular weight excluding hydrogens is 285 g/mol. The van der Waals surface area contributed by atoms with Crippen LogP contribution in [0.15, 0.2) is 54.6 Å². The fourth-order valence-corrected chi connectivity index (χ4v) is 1.77. The van der Waals surface area contributed by atoms with Crippen LogP contribution in [0.1, 0.15) is 5.56 Å². The first kappa shape index (κ1) is 15.5. The maximum atomic E-state index is 13.0. The van der Waals surface area contributed by atoms with Gasteiger partial charge in [-0.25, -0.2) is 9.18 Å². The van der Waals surface area contributed by atoms with Crippen LogP contribution in [-0.4, -0.2) is 18.5 Å². The van der Waals surface area contributed by atoms with E-state index < -0.39 is 17.8 Å². The van der Waals surface area contributed by atoms with E-state index in [2.05, 4.69) is 16.0 Å². The SMILES string of the molecule is O=C(CNc1cccc(F)c1)NC(=O)NCc1ccccc1. The van der Waals surface area contributed by atoms with Crippen molar-refractivity contribution in [2.24, 2.45) is 0 Å². The van der Waals surface area contributed by atoms with Gasteiger partial charge in [-0.05, 0) is 23.8 Å². The molecule has 6 heteroatoms. The van der Waals surface area contributed by atoms with Crippen LogP contribution in [0.2, 0.25) is 0 Å². The minimum Gasteiger partial charge on any atom is -0.376 e. The lowest BCUT2D eigenvalue weighted by atomic mass is 10.2. The molecule has 114 valence electrons. The Kier molecular flexibility index (Phi) is 5.48. The zero-order chi connectivity index (χ0) is 15.8. The summed E-state index contributed by atoms with van der Waals surface area (Å²) < 4.78 is 13.0. The topological polar surface area (TPSA) is 70.2 Å². The first-order chi connectivity index (χ1) is 10.6. The summed E-state index contributed by atoms with van der Waals surface area (Å²) in [5, 5.41) is 7.50. The molecule has 0 atom stereocenters. The highest BCUT2D eigenvalue weighted by Crippen LogP contribution is 2.08. The van der Waals surface area contributed by atoms with E-state index in [1.54, 1.807) is 6.07 Å². The Balaban J connectivity index is 1.71. The standard InChI is InChI=1S/C16H16FN3O2/c17-13-7-4-8-14(9-13)18-11-15(21)20-16(22)19-10-12-5-2-1-3-6-12/h1-9,18H,10-11H2,(H2,19,20,21,22). The van der Waals surface area contributed by atoms with Crippen LogP contribution < -0.4 is 16.0 Å². The molecule has 2 aromatic carbocycles. The summed E-state index contributed by atoms with van der Waals surface area (Å²) in [6.45, 7) is 0.208. The monoisotopic (exact) mass is 301 g/mol. The van der Waals surface area contributed by atoms with E-state index >= 15 is 0 Å². The molecule has 0 aliphatic rings. The Labute approximate surface area is 127 Å². The summed E-state index contributed by atoms with van der Waals surface area (Å²) in [7, 11) is 0. The Bertz CT molecular complexity index is 647. The van der Waals surface area contributed by atoms with Gasteiger partial charge in [0.2, 0.25) is 5.91 Å². The van der Waals surface area contributed by atoms with Gasteiger partial charge in [-0.1, -0.05) is 36.4 Å². The molecule has 3 amide bonds. The van der Waals surface area contributed by atoms with Crippen molar-refractivity contribution in [3.8, 4) is 0 Å². The second-order valence-corrected chi connectivity index (χ2v) is 4.58. The van der Waals surface area contributed by atoms with Crippen molar-refractivity contribution >= 4 is 17.6 Å². The van der Waals surface area contributed by atoms with Gasteiger partial charge >= 0.3 is 6.03 Å². The van der Waals surface area contributed by atoms with E-state index in [0.717, 1.165) is 5.56 Å². The average molecular weight is 301 g/mol. The number of rotatable bonds is 5. The van der Waals surface area contributed by atoms with Crippen LogP contribution in [0, 0.1) is 5.82 Å². The molecule has 2 aromatic rings. The van der Waals surface area contributed by atoms with Gasteiger partial charge in [-0.15, -0.1) is 0 Å². The zero-order valence-electron chi connectivity index (χ0n) is 11.8. The smallest absolute Gasteiger partial charge is 0.321 e. The first-order valence-electron chi connectivity index (χ1n) is 6.74. The van der Waals surface area contributed by atoms with Crippen LogP contribution >= 0.6 is 0 Å². The maximum Gasteiger partial charge on any atom is 0.321 e. The van der Waals surface area contributed by atoms with Gasteiger partial charge in [0.05, 0.1) is 6.54 Å². The number of carbonyl (C=O) groups excluding carboxylic acids is 2. The molecule has 22 heavy (non-hydrogen) atoms. The minimum atomic E-state index is -0.574. The Morgan fingerprint density at radius 3 is 2.50 bits per heavy atom. The predicted octanol–water partition coefficient (Wildman–Crippen LogP) is 2.26. The first-order valence-corrected chi connectivity index (χ1v) is 6.74. The lowest BCUT2D eigenvalue weighted by Gasteiger charge is -2.08. The van der Waals surface area contributed by atoms with E-state index in [1.807, 2.05) is 30.3 Å². The fraction of sp³-hybridized carbons (Fsp3) is 0.125. The zero-order valence-corrected chi connectivity index (χ0v) is 11.8. The maximum absolute atomic E-state index is 13.0. The van der Waals surface area contributed by atoms with Gasteiger partial charge in [0.25, 0.3) is 0 Å². The number of halogens is 1. The number of hydrogen-bond donors (Lipinski definition) is 3. The normalized spacial score (nSPS) is 9.86. The van der Waals surface area contributed by atoms with E-state index in [1.165, 1.54) is 18.2 Å². The second kappa shape index (κ2) is 7.78. The number of anilines is 1. The molecule has 0 radical (unpaired) electrons. The number of carbonyl (C=O) groups is 2. The molecular formula is C16H16FN3O2. The van der Waals surface area contributed by atoms with E-state index in [9.17, 15) is 14.0 Å². The lowest BCUT2D eigenvalue weighted by molar-refractivity contribution is -0.118. The molecule has 0 saturated carbocycles. The van der Waals surface area contributed by atoms with E-state index in [4.69, 9.17) is 0 Å². The average Bonchev–Trinajstić information content (AvgIpc) is 2.52. The van der Waals surface area contributed by atoms with Crippen LogP contribution in [0.4, 0.5) is 14.9 Å². The molecule has 0 bridgehead atoms. The molecule has 0 aliphatic carbocycles. The van der Waals surface area contributed by atoms with Crippen LogP contribution in [0.25, 0.3) is 0 Å². The number of hydrogen-bond acceptors (Lipinski definition) is 3. The van der Waals surface area contributed by atoms with E-state index in [0.29, 0.717) is 12.2 Å². The Hall–Kier alpha value is -2.89. The third kappa shape index (κ3) is 5.24. The van der Waals surface area contributed by atoms with Crippen molar-refractivity contribution in [1.29, 1.82) is 0 Å². The fourth-order valence-electron chi connectivity index (χ4n) is 1.77. The minimum absolute atomic E-state index is 0.123. The van der Waals surface area contributed by atoms with Gasteiger partial charge in [-0.3, -0.25) is 10.1 Å². The molecule has 0 fully saturated rings. The Morgan fingerprint density at radius 2 is 1.77 bits per heavy atom. The number of amides is 3. The summed E-state index contributed by atoms with van der Waals surface area (Å²) in [4.78, 5) is 23.2. The number of benzene rings is 2. The van der Waals surface area contributed by atoms with E-state index in [-0.39, 0.29) is 6.54 Å². The number of urea groups is 1. The van der Waals surface area contributed by atoms with Crippen molar-refractivity contribution in [1.82, 2.24) is 10.6 Å². The van der Waals surface area contributed by atoms with Crippen LogP contribution in [0.3, 0.4) is 0 Å². The largest absolute Gasteiger partial charge is 0.376 e. The van der Waals surface area contributed by atoms with Crippen molar-refractivity contribution < 1.29 is 14.0 Å². The summed E-state index contributed by atoms with van der Waals surface area (Å²) in [5.74, 6) is -0.902. The van der Waals surface area contributed by atoms with Gasteiger partial charge < -0.3 is 10.6 Å². The van der Waals surface area contributed by atoms with Gasteiger partial charge in [0.15, 0.2) is 0 Å². The molecule has 0 heterocycles. The van der Waals surface area contributed by atoms with Crippen molar-refractivity contribution in [2.75, 3.05) is 11.9 Å². The highest BCUT2D eigenvalue weighted by atomic mass is 19.1. The van der Waals surface area contributed by atoms with Crippen molar-refractivity contribution in [2.45, 2.75) is 6.54 Å². The molecule has 2 rings (SSSR count). The summed E-state index contributed by atoms with van der Waals surface area (Å²) in [6, 6.07) is 14.5. The molecule has 0 aromatic heterocycles. The molecule has 0 aliphatic heterocycles. The van der Waals surface area contributed by atoms with Gasteiger partial charge in [0, 0.05) is 12.2 Å². The quantitative estimate of drug-likeness (QED) is 0.793. The Morgan fingerprint density at radius 1 is 1.00 bits per heavy atom. The highest BCUT2D eigenvalue weighted by molar-refractivity contribution is 5.96. The predicted molar refractivity (Wildman–Crippen MR) is 81.7 cm³/mol. The number of nitrogens with one attached hydrogen (secondary N) is 3. The summed E-state index contributed by atoms with van der Waals surface area (Å²) in [6.07, 6.45) is 0. The lowest BCUT2D eigenvalue weighted by Crippen LogP contribution is -2.41. The van der Waals surface area contributed by atoms with Crippen molar-refractivity contribution in [3.05, 3.63) is 66.0 Å². The van der Waals surface area contributed by atoms with Crippen LogP contribution in [0.5, 0.6) is 0 Å². The number of imide groups is 1. The third-order valence-corrected chi connectivity index (χ3v) is 2.83. The van der Waals surface area contributed by atoms with Crippen LogP contribution in [-0.2, 0) is 11.3 Å². The van der Waals surface area contributed by atoms with Crippen molar-refractivity contribution in [3.63, 3.8) is 0 Å². The van der Waals surface area contributed by atoms with Gasteiger partial charge in [0.1, 0.15) is 5.82 Å². The highest BCUT2D eigenvalue weighted by Gasteiger charge is 2.07. The molecule has 5 nitrogen and oxygen atoms in total. The molecule has 0 unspecified atom stereocenters. The summed E-state index contributed by atoms with van der Waals surface area (Å²) in [5.41, 5.74) is 1.41. The van der Waals surface area contributed by atoms with Gasteiger partial charge in [-0.2, -0.15) is 0 Å². The third-order valence-electron chi connectivity index (χ3n) is 2.83. The summed E-state index contributed by atoms with van der Waals surface area (Å²) >= 11 is 0. The molecule has 3 N–H and O–H groups in total. The molecule has 0 spiro atoms.